The molecule has 2 fully saturated rings. The molecule has 18 heteroatoms. The van der Waals surface area contributed by atoms with Crippen molar-refractivity contribution in [2.45, 2.75) is 130 Å². The van der Waals surface area contributed by atoms with Crippen molar-refractivity contribution in [3.05, 3.63) is 58.0 Å². The van der Waals surface area contributed by atoms with Crippen molar-refractivity contribution in [2.24, 2.45) is 45.5 Å². The maximum absolute atomic E-state index is 14.9. The molecule has 2 amide bonds. The Kier molecular flexibility index (Phi) is 16.6. The summed E-state index contributed by atoms with van der Waals surface area (Å²) in [5.74, 6) is -7.50. The summed E-state index contributed by atoms with van der Waals surface area (Å²) in [4.78, 5) is 70.6. The Labute approximate surface area is 422 Å². The highest BCUT2D eigenvalue weighted by Gasteiger charge is 2.50. The van der Waals surface area contributed by atoms with Crippen LogP contribution in [0.1, 0.15) is 103 Å². The Morgan fingerprint density at radius 1 is 0.931 bits per heavy atom. The highest BCUT2D eigenvalue weighted by molar-refractivity contribution is 6.19. The fourth-order valence-electron chi connectivity index (χ4n) is 10.9. The van der Waals surface area contributed by atoms with E-state index in [4.69, 9.17) is 28.9 Å². The molecule has 6 heterocycles. The Hall–Kier alpha value is -5.40. The topological polar surface area (TPSA) is 241 Å². The van der Waals surface area contributed by atoms with Gasteiger partial charge in [0.1, 0.15) is 35.1 Å². The molecule has 1 spiro atoms. The molecular weight excluding hydrogens is 925 g/mol. The van der Waals surface area contributed by atoms with Crippen molar-refractivity contribution in [2.75, 3.05) is 58.7 Å². The van der Waals surface area contributed by atoms with Crippen LogP contribution in [0.15, 0.2) is 46.1 Å². The van der Waals surface area contributed by atoms with E-state index in [1.807, 2.05) is 0 Å². The first-order valence-electron chi connectivity index (χ1n) is 25.5. The van der Waals surface area contributed by atoms with Gasteiger partial charge in [0.25, 0.3) is 11.7 Å². The van der Waals surface area contributed by atoms with Crippen LogP contribution in [0.4, 0.5) is 5.69 Å². The molecule has 0 radical (unpaired) electrons. The normalized spacial score (nSPS) is 31.2. The number of aromatic hydroxyl groups is 2. The maximum atomic E-state index is 14.9. The Morgan fingerprint density at radius 3 is 2.25 bits per heavy atom. The van der Waals surface area contributed by atoms with E-state index in [1.54, 1.807) is 59.8 Å². The minimum Gasteiger partial charge on any atom is -0.507 e. The SMILES string of the molecule is CO[C@H]1/C=C/O[C@@]2(C)Oc3c(C)c(O)c4c(O)c(c5c(c4c3C2=O)=NC2(CCN(CC(C)C)CC2)N=5)NC(=O)/C(C)=C\C=C\[C@H](C)[C@H](O)[C@@H](C)[C@@H](O)[C@@H](C)[C@H](OC(=O)CC(=O)NCC2CCN(C)CC2)[C@@H]1C. The smallest absolute Gasteiger partial charge is 0.315 e. The van der Waals surface area contributed by atoms with E-state index in [1.165, 1.54) is 26.4 Å². The zero-order valence-corrected chi connectivity index (χ0v) is 43.8. The lowest BCUT2D eigenvalue weighted by molar-refractivity contribution is -0.164. The number of fused-ring (bicyclic) bond motifs is 13. The minimum absolute atomic E-state index is 0.0109. The van der Waals surface area contributed by atoms with Gasteiger partial charge < -0.3 is 59.8 Å². The molecule has 0 aromatic heterocycles. The summed E-state index contributed by atoms with van der Waals surface area (Å²) in [7, 11) is 3.50. The van der Waals surface area contributed by atoms with Crippen molar-refractivity contribution in [1.29, 1.82) is 0 Å². The zero-order valence-electron chi connectivity index (χ0n) is 43.8. The van der Waals surface area contributed by atoms with Gasteiger partial charge in [0.15, 0.2) is 11.4 Å². The second-order valence-corrected chi connectivity index (χ2v) is 21.6. The summed E-state index contributed by atoms with van der Waals surface area (Å²) < 4.78 is 24.5. The fraction of sp³-hybridized carbons (Fsp3) is 0.630. The molecular formula is C54H76N6O12. The van der Waals surface area contributed by atoms with Gasteiger partial charge in [-0.2, -0.15) is 0 Å². The highest BCUT2D eigenvalue weighted by atomic mass is 16.7. The molecule has 18 nitrogen and oxygen atoms in total. The molecule has 72 heavy (non-hydrogen) atoms. The van der Waals surface area contributed by atoms with E-state index in [9.17, 15) is 39.6 Å². The number of ketones is 1. The van der Waals surface area contributed by atoms with Gasteiger partial charge in [0, 0.05) is 93.2 Å². The molecule has 5 bridgehead atoms. The van der Waals surface area contributed by atoms with Gasteiger partial charge in [-0.15, -0.1) is 0 Å². The number of anilines is 1. The van der Waals surface area contributed by atoms with Crippen molar-refractivity contribution in [3.8, 4) is 17.2 Å². The van der Waals surface area contributed by atoms with Crippen LogP contribution in [0.3, 0.4) is 0 Å². The van der Waals surface area contributed by atoms with Crippen molar-refractivity contribution in [1.82, 2.24) is 15.1 Å². The third-order valence-corrected chi connectivity index (χ3v) is 15.6. The predicted octanol–water partition coefficient (Wildman–Crippen LogP) is 4.58. The predicted molar refractivity (Wildman–Crippen MR) is 270 cm³/mol. The van der Waals surface area contributed by atoms with Gasteiger partial charge in [-0.05, 0) is 64.7 Å². The number of phenols is 2. The summed E-state index contributed by atoms with van der Waals surface area (Å²) in [6, 6.07) is 0. The number of carbonyl (C=O) groups excluding carboxylic acids is 4. The molecule has 0 unspecified atom stereocenters. The van der Waals surface area contributed by atoms with Gasteiger partial charge in [-0.25, -0.2) is 0 Å². The molecule has 2 saturated heterocycles. The third kappa shape index (κ3) is 11.1. The highest BCUT2D eigenvalue weighted by Crippen LogP contribution is 2.50. The van der Waals surface area contributed by atoms with Crippen molar-refractivity contribution < 1.29 is 58.6 Å². The van der Waals surface area contributed by atoms with E-state index in [-0.39, 0.29) is 49.6 Å². The number of aliphatic hydroxyl groups is 2. The van der Waals surface area contributed by atoms with Gasteiger partial charge >= 0.3 is 11.8 Å². The van der Waals surface area contributed by atoms with Crippen LogP contribution in [0.25, 0.3) is 10.8 Å². The van der Waals surface area contributed by atoms with Gasteiger partial charge in [0.05, 0.1) is 40.9 Å². The third-order valence-electron chi connectivity index (χ3n) is 15.6. The number of aliphatic hydroxyl groups excluding tert-OH is 2. The van der Waals surface area contributed by atoms with E-state index in [0.29, 0.717) is 44.3 Å². The average molecular weight is 1000 g/mol. The number of nitrogens with one attached hydrogen (secondary N) is 2. The van der Waals surface area contributed by atoms with Crippen LogP contribution in [0.5, 0.6) is 17.2 Å². The number of phenolic OH excluding ortho intramolecular Hbond substituents is 2. The van der Waals surface area contributed by atoms with E-state index in [2.05, 4.69) is 41.3 Å². The van der Waals surface area contributed by atoms with Crippen LogP contribution >= 0.6 is 0 Å². The molecule has 0 saturated carbocycles. The number of carbonyl (C=O) groups is 4. The summed E-state index contributed by atoms with van der Waals surface area (Å²) >= 11 is 0. The number of likely N-dealkylation sites (tertiary alicyclic amines) is 2. The lowest BCUT2D eigenvalue weighted by Gasteiger charge is -2.38. The van der Waals surface area contributed by atoms with Gasteiger partial charge in [-0.3, -0.25) is 29.2 Å². The van der Waals surface area contributed by atoms with Crippen molar-refractivity contribution >= 4 is 40.0 Å². The van der Waals surface area contributed by atoms with Crippen LogP contribution in [-0.4, -0.2) is 143 Å². The molecule has 0 aliphatic carbocycles. The number of esters is 1. The van der Waals surface area contributed by atoms with Crippen molar-refractivity contribution in [3.63, 3.8) is 0 Å². The number of hydrogen-bond donors (Lipinski definition) is 6. The standard InChI is InChI=1S/C54H76N6O12/c1-28(2)27-60-22-18-54(19-23-60)57-42-39-40-47(65)34(8)50-41(39)51(67)53(9,72-50)70-24-17-36(69-11)31(5)49(71-38(62)25-37(61)55-26-35-15-20-59(10)21-16-35)33(7)46(64)32(6)45(63)29(3)13-12-14-30(4)52(68)56-44(48(40)66)43(42)58-54/h12-14,17,24,28-29,31-33,35-36,45-46,49,63-66H,15-16,18-23,25-27H2,1-11H3,(H,55,61)(H,56,68)/b13-12+,24-17+,30-14-/t29-,31+,32+,33+,36-,45-,46+,49+,53-/m0/s1. The van der Waals surface area contributed by atoms with E-state index < -0.39 is 101 Å². The first-order chi connectivity index (χ1) is 34.0. The summed E-state index contributed by atoms with van der Waals surface area (Å²) in [6.45, 7) is 20.3. The van der Waals surface area contributed by atoms with Crippen LogP contribution in [0, 0.1) is 42.4 Å². The maximum Gasteiger partial charge on any atom is 0.315 e. The Bertz CT molecular complexity index is 2630. The number of hydrogen-bond acceptors (Lipinski definition) is 16. The zero-order chi connectivity index (χ0) is 52.6. The second kappa shape index (κ2) is 22.0. The molecule has 394 valence electrons. The number of ether oxygens (including phenoxy) is 4. The summed E-state index contributed by atoms with van der Waals surface area (Å²) in [6.07, 6.45) is 5.72. The molecule has 6 aliphatic heterocycles. The number of rotatable bonds is 8. The molecule has 2 aromatic rings. The molecule has 6 N–H and O–H groups in total. The molecule has 6 aliphatic rings. The summed E-state index contributed by atoms with van der Waals surface area (Å²) in [5, 5.41) is 53.8. The average Bonchev–Trinajstić information content (AvgIpc) is 3.84. The number of methoxy groups -OCH3 is 1. The number of benzene rings is 2. The molecule has 8 rings (SSSR count). The Balaban J connectivity index is 1.28. The number of nitrogens with zero attached hydrogens (tertiary/aromatic N) is 4. The number of amides is 2. The fourth-order valence-corrected chi connectivity index (χ4v) is 10.9. The van der Waals surface area contributed by atoms with Crippen LogP contribution in [0.2, 0.25) is 0 Å². The molecule has 2 aromatic carbocycles. The van der Waals surface area contributed by atoms with E-state index in [0.717, 1.165) is 32.5 Å². The van der Waals surface area contributed by atoms with Gasteiger partial charge in [-0.1, -0.05) is 59.8 Å². The first kappa shape index (κ1) is 54.4. The largest absolute Gasteiger partial charge is 0.507 e. The number of Topliss-reactive ketones (excluding diaryl/α,β-unsaturated/α-hetero) is 1. The minimum atomic E-state index is -2.02. The lowest BCUT2D eigenvalue weighted by atomic mass is 9.78. The molecule has 9 atom stereocenters. The van der Waals surface area contributed by atoms with Crippen LogP contribution in [-0.2, 0) is 28.6 Å². The summed E-state index contributed by atoms with van der Waals surface area (Å²) in [5.41, 5.74) is -0.685. The van der Waals surface area contributed by atoms with Crippen LogP contribution < -0.4 is 26.1 Å². The number of allylic oxidation sites excluding steroid dienone is 2. The number of piperidine rings is 2. The van der Waals surface area contributed by atoms with Gasteiger partial charge in [0.2, 0.25) is 5.91 Å². The first-order valence-corrected chi connectivity index (χ1v) is 25.5. The monoisotopic (exact) mass is 1000 g/mol. The van der Waals surface area contributed by atoms with E-state index >= 15 is 0 Å². The quantitative estimate of drug-likeness (QED) is 0.121. The Morgan fingerprint density at radius 2 is 1.60 bits per heavy atom. The second-order valence-electron chi connectivity index (χ2n) is 21.6. The lowest BCUT2D eigenvalue weighted by Crippen LogP contribution is -2.47.